The standard InChI is InChI=1S/C13H16N4O4/c1-16-5-2-6-17(8-11(16)18)13(21)15-9-3-4-10(12(19)20)14-7-9/h3-4,7H,2,5-6,8H2,1H3,(H,15,21)(H,19,20). The second-order valence-electron chi connectivity index (χ2n) is 4.76. The fraction of sp³-hybridized carbons (Fsp3) is 0.385. The normalized spacial score (nSPS) is 15.6. The largest absolute Gasteiger partial charge is 0.477 e. The molecule has 0 unspecified atom stereocenters. The van der Waals surface area contributed by atoms with Crippen molar-refractivity contribution in [2.75, 3.05) is 32.0 Å². The van der Waals surface area contributed by atoms with Crippen molar-refractivity contribution in [3.05, 3.63) is 24.0 Å². The van der Waals surface area contributed by atoms with E-state index >= 15 is 0 Å². The van der Waals surface area contributed by atoms with Crippen LogP contribution in [0.15, 0.2) is 18.3 Å². The second-order valence-corrected chi connectivity index (χ2v) is 4.76. The number of amides is 3. The Kier molecular flexibility index (Phi) is 4.36. The molecule has 1 fully saturated rings. The molecular formula is C13H16N4O4. The summed E-state index contributed by atoms with van der Waals surface area (Å²) >= 11 is 0. The average Bonchev–Trinajstić information content (AvgIpc) is 2.62. The molecule has 1 aromatic heterocycles. The highest BCUT2D eigenvalue weighted by atomic mass is 16.4. The molecule has 3 amide bonds. The lowest BCUT2D eigenvalue weighted by Crippen LogP contribution is -2.40. The third kappa shape index (κ3) is 3.68. The number of urea groups is 1. The van der Waals surface area contributed by atoms with Crippen LogP contribution in [-0.4, -0.2) is 64.5 Å². The predicted molar refractivity (Wildman–Crippen MR) is 74.0 cm³/mol. The topological polar surface area (TPSA) is 103 Å². The Bertz CT molecular complexity index is 558. The smallest absolute Gasteiger partial charge is 0.354 e. The molecule has 0 spiro atoms. The Hall–Kier alpha value is -2.64. The summed E-state index contributed by atoms with van der Waals surface area (Å²) < 4.78 is 0. The predicted octanol–water partition coefficient (Wildman–Crippen LogP) is 0.476. The maximum absolute atomic E-state index is 12.1. The van der Waals surface area contributed by atoms with Crippen LogP contribution in [0.1, 0.15) is 16.9 Å². The van der Waals surface area contributed by atoms with Gasteiger partial charge in [0.05, 0.1) is 11.9 Å². The minimum absolute atomic E-state index is 0.0307. The van der Waals surface area contributed by atoms with E-state index in [9.17, 15) is 14.4 Å². The summed E-state index contributed by atoms with van der Waals surface area (Å²) in [6.07, 6.45) is 1.99. The van der Waals surface area contributed by atoms with E-state index in [0.29, 0.717) is 25.2 Å². The molecular weight excluding hydrogens is 276 g/mol. The minimum Gasteiger partial charge on any atom is -0.477 e. The van der Waals surface area contributed by atoms with Crippen molar-refractivity contribution in [2.45, 2.75) is 6.42 Å². The van der Waals surface area contributed by atoms with Gasteiger partial charge in [0.25, 0.3) is 0 Å². The first kappa shape index (κ1) is 14.8. The highest BCUT2D eigenvalue weighted by molar-refractivity contribution is 5.93. The SMILES string of the molecule is CN1CCCN(C(=O)Nc2ccc(C(=O)O)nc2)CC1=O. The van der Waals surface area contributed by atoms with E-state index in [-0.39, 0.29) is 18.1 Å². The molecule has 8 heteroatoms. The maximum Gasteiger partial charge on any atom is 0.354 e. The van der Waals surface area contributed by atoms with E-state index in [1.54, 1.807) is 11.9 Å². The number of hydrogen-bond donors (Lipinski definition) is 2. The number of rotatable bonds is 2. The molecule has 2 rings (SSSR count). The number of likely N-dealkylation sites (N-methyl/N-ethyl adjacent to an activating group) is 1. The second kappa shape index (κ2) is 6.21. The summed E-state index contributed by atoms with van der Waals surface area (Å²) in [5.41, 5.74) is 0.287. The van der Waals surface area contributed by atoms with Gasteiger partial charge in [0.15, 0.2) is 0 Å². The number of nitrogens with one attached hydrogen (secondary N) is 1. The van der Waals surface area contributed by atoms with Gasteiger partial charge in [-0.25, -0.2) is 14.6 Å². The minimum atomic E-state index is -1.13. The van der Waals surface area contributed by atoms with Gasteiger partial charge in [-0.1, -0.05) is 0 Å². The molecule has 21 heavy (non-hydrogen) atoms. The van der Waals surface area contributed by atoms with Crippen LogP contribution in [0.5, 0.6) is 0 Å². The summed E-state index contributed by atoms with van der Waals surface area (Å²) in [5.74, 6) is -1.24. The molecule has 1 aliphatic heterocycles. The van der Waals surface area contributed by atoms with E-state index in [4.69, 9.17) is 5.11 Å². The van der Waals surface area contributed by atoms with Crippen molar-refractivity contribution in [3.8, 4) is 0 Å². The van der Waals surface area contributed by atoms with Gasteiger partial charge in [-0.15, -0.1) is 0 Å². The third-order valence-corrected chi connectivity index (χ3v) is 3.19. The van der Waals surface area contributed by atoms with E-state index < -0.39 is 12.0 Å². The summed E-state index contributed by atoms with van der Waals surface area (Å²) in [6.45, 7) is 1.14. The molecule has 8 nitrogen and oxygen atoms in total. The number of aromatic carboxylic acids is 1. The number of carboxylic acid groups (broad SMARTS) is 1. The van der Waals surface area contributed by atoms with Crippen LogP contribution in [0.4, 0.5) is 10.5 Å². The number of hydrogen-bond acceptors (Lipinski definition) is 4. The van der Waals surface area contributed by atoms with Crippen molar-refractivity contribution in [3.63, 3.8) is 0 Å². The quantitative estimate of drug-likeness (QED) is 0.825. The van der Waals surface area contributed by atoms with Gasteiger partial charge < -0.3 is 20.2 Å². The Labute approximate surface area is 121 Å². The number of nitrogens with zero attached hydrogens (tertiary/aromatic N) is 3. The summed E-state index contributed by atoms with van der Waals surface area (Å²) in [7, 11) is 1.71. The molecule has 1 aromatic rings. The van der Waals surface area contributed by atoms with E-state index in [0.717, 1.165) is 0 Å². The molecule has 2 heterocycles. The first-order valence-corrected chi connectivity index (χ1v) is 6.46. The summed E-state index contributed by atoms with van der Waals surface area (Å²) in [4.78, 5) is 41.2. The molecule has 0 atom stereocenters. The molecule has 0 bridgehead atoms. The number of pyridine rings is 1. The highest BCUT2D eigenvalue weighted by Crippen LogP contribution is 2.09. The Morgan fingerprint density at radius 1 is 1.33 bits per heavy atom. The number of carboxylic acids is 1. The summed E-state index contributed by atoms with van der Waals surface area (Å²) in [5, 5.41) is 11.3. The van der Waals surface area contributed by atoms with Crippen LogP contribution in [0, 0.1) is 0 Å². The molecule has 0 aliphatic carbocycles. The fourth-order valence-corrected chi connectivity index (χ4v) is 1.96. The molecule has 0 radical (unpaired) electrons. The number of anilines is 1. The van der Waals surface area contributed by atoms with E-state index in [1.807, 2.05) is 0 Å². The van der Waals surface area contributed by atoms with Crippen molar-refractivity contribution >= 4 is 23.6 Å². The van der Waals surface area contributed by atoms with Gasteiger partial charge in [0.2, 0.25) is 5.91 Å². The zero-order valence-corrected chi connectivity index (χ0v) is 11.6. The molecule has 1 saturated heterocycles. The van der Waals surface area contributed by atoms with Crippen LogP contribution in [0.25, 0.3) is 0 Å². The van der Waals surface area contributed by atoms with Crippen LogP contribution in [0.3, 0.4) is 0 Å². The first-order valence-electron chi connectivity index (χ1n) is 6.46. The molecule has 0 aromatic carbocycles. The van der Waals surface area contributed by atoms with Crippen LogP contribution >= 0.6 is 0 Å². The first-order chi connectivity index (χ1) is 9.97. The van der Waals surface area contributed by atoms with Gasteiger partial charge in [-0.05, 0) is 18.6 Å². The van der Waals surface area contributed by atoms with Crippen molar-refractivity contribution in [1.82, 2.24) is 14.8 Å². The van der Waals surface area contributed by atoms with Crippen LogP contribution < -0.4 is 5.32 Å². The maximum atomic E-state index is 12.1. The lowest BCUT2D eigenvalue weighted by atomic mass is 10.3. The number of carbonyl (C=O) groups excluding carboxylic acids is 2. The molecule has 1 aliphatic rings. The van der Waals surface area contributed by atoms with E-state index in [2.05, 4.69) is 10.3 Å². The van der Waals surface area contributed by atoms with Crippen LogP contribution in [0.2, 0.25) is 0 Å². The number of aromatic nitrogens is 1. The fourth-order valence-electron chi connectivity index (χ4n) is 1.96. The Balaban J connectivity index is 2.00. The zero-order chi connectivity index (χ0) is 15.4. The zero-order valence-electron chi connectivity index (χ0n) is 11.6. The molecule has 112 valence electrons. The molecule has 0 saturated carbocycles. The Morgan fingerprint density at radius 2 is 2.10 bits per heavy atom. The monoisotopic (exact) mass is 292 g/mol. The third-order valence-electron chi connectivity index (χ3n) is 3.19. The van der Waals surface area contributed by atoms with Gasteiger partial charge >= 0.3 is 12.0 Å². The van der Waals surface area contributed by atoms with Gasteiger partial charge in [-0.2, -0.15) is 0 Å². The van der Waals surface area contributed by atoms with Crippen molar-refractivity contribution in [1.29, 1.82) is 0 Å². The molecule has 2 N–H and O–H groups in total. The van der Waals surface area contributed by atoms with Crippen molar-refractivity contribution in [2.24, 2.45) is 0 Å². The number of carbonyl (C=O) groups is 3. The highest BCUT2D eigenvalue weighted by Gasteiger charge is 2.22. The summed E-state index contributed by atoms with van der Waals surface area (Å²) in [6, 6.07) is 2.36. The average molecular weight is 292 g/mol. The van der Waals surface area contributed by atoms with Gasteiger partial charge in [0.1, 0.15) is 12.2 Å². The van der Waals surface area contributed by atoms with Crippen LogP contribution in [-0.2, 0) is 4.79 Å². The van der Waals surface area contributed by atoms with Crippen molar-refractivity contribution < 1.29 is 19.5 Å². The lowest BCUT2D eigenvalue weighted by molar-refractivity contribution is -0.129. The lowest BCUT2D eigenvalue weighted by Gasteiger charge is -2.20. The van der Waals surface area contributed by atoms with E-state index in [1.165, 1.54) is 23.2 Å². The van der Waals surface area contributed by atoms with Gasteiger partial charge in [-0.3, -0.25) is 4.79 Å². The van der Waals surface area contributed by atoms with Gasteiger partial charge in [0, 0.05) is 20.1 Å². The Morgan fingerprint density at radius 3 is 2.71 bits per heavy atom.